The molecule has 1 fully saturated rings. The number of hydrogen-bond acceptors (Lipinski definition) is 7. The van der Waals surface area contributed by atoms with E-state index in [2.05, 4.69) is 54.3 Å². The standard InChI is InChI=1S/C20H35ClN4O3Si/c1-14-16(19(26)27-5)18(24-23-17(14)21)22-15-9-8-10-25(13-15)11-12-28-29(6,7)20(2,3)4/h15H,8-13H2,1-7H3,(H,22,24)/t15-/m1/s1. The highest BCUT2D eigenvalue weighted by molar-refractivity contribution is 6.74. The van der Waals surface area contributed by atoms with Gasteiger partial charge in [0.2, 0.25) is 0 Å². The number of aromatic nitrogens is 2. The number of nitrogens with one attached hydrogen (secondary N) is 1. The lowest BCUT2D eigenvalue weighted by Crippen LogP contribution is -2.46. The minimum absolute atomic E-state index is 0.176. The van der Waals surface area contributed by atoms with Crippen molar-refractivity contribution in [3.05, 3.63) is 16.3 Å². The first-order valence-corrected chi connectivity index (χ1v) is 13.5. The van der Waals surface area contributed by atoms with Crippen molar-refractivity contribution >= 4 is 31.7 Å². The van der Waals surface area contributed by atoms with E-state index in [1.54, 1.807) is 6.92 Å². The SMILES string of the molecule is COC(=O)c1c(N[C@@H]2CCCN(CCO[Si](C)(C)C(C)(C)C)C2)nnc(Cl)c1C. The molecular weight excluding hydrogens is 408 g/mol. The van der Waals surface area contributed by atoms with Crippen LogP contribution in [0.15, 0.2) is 0 Å². The first-order chi connectivity index (χ1) is 13.5. The summed E-state index contributed by atoms with van der Waals surface area (Å²) < 4.78 is 11.2. The van der Waals surface area contributed by atoms with Crippen molar-refractivity contribution in [2.24, 2.45) is 0 Å². The van der Waals surface area contributed by atoms with Gasteiger partial charge in [0.1, 0.15) is 5.56 Å². The van der Waals surface area contributed by atoms with E-state index in [9.17, 15) is 4.79 Å². The van der Waals surface area contributed by atoms with Crippen LogP contribution in [0.1, 0.15) is 49.5 Å². The van der Waals surface area contributed by atoms with Crippen molar-refractivity contribution in [2.45, 2.75) is 64.7 Å². The van der Waals surface area contributed by atoms with Crippen LogP contribution in [0.5, 0.6) is 0 Å². The summed E-state index contributed by atoms with van der Waals surface area (Å²) in [6.07, 6.45) is 2.08. The van der Waals surface area contributed by atoms with Crippen LogP contribution < -0.4 is 5.32 Å². The molecule has 0 bridgehead atoms. The van der Waals surface area contributed by atoms with Crippen molar-refractivity contribution < 1.29 is 14.0 Å². The van der Waals surface area contributed by atoms with Gasteiger partial charge in [0.05, 0.1) is 7.11 Å². The molecule has 1 saturated heterocycles. The van der Waals surface area contributed by atoms with E-state index >= 15 is 0 Å². The molecule has 0 amide bonds. The molecule has 1 aromatic heterocycles. The van der Waals surface area contributed by atoms with Gasteiger partial charge in [-0.25, -0.2) is 4.79 Å². The van der Waals surface area contributed by atoms with E-state index in [0.717, 1.165) is 39.1 Å². The van der Waals surface area contributed by atoms with Crippen molar-refractivity contribution in [3.63, 3.8) is 0 Å². The number of rotatable bonds is 7. The lowest BCUT2D eigenvalue weighted by Gasteiger charge is -2.38. The number of ether oxygens (including phenoxy) is 1. The van der Waals surface area contributed by atoms with E-state index in [1.807, 2.05) is 0 Å². The van der Waals surface area contributed by atoms with Crippen molar-refractivity contribution in [3.8, 4) is 0 Å². The zero-order valence-electron chi connectivity index (χ0n) is 18.8. The number of halogens is 1. The van der Waals surface area contributed by atoms with Gasteiger partial charge < -0.3 is 14.5 Å². The molecule has 9 heteroatoms. The lowest BCUT2D eigenvalue weighted by molar-refractivity contribution is 0.0600. The first-order valence-electron chi connectivity index (χ1n) is 10.2. The number of esters is 1. The molecule has 2 rings (SSSR count). The second-order valence-electron chi connectivity index (χ2n) is 9.22. The molecule has 1 aromatic rings. The Morgan fingerprint density at radius 2 is 2.03 bits per heavy atom. The molecule has 1 N–H and O–H groups in total. The minimum atomic E-state index is -1.73. The fraction of sp³-hybridized carbons (Fsp3) is 0.750. The topological polar surface area (TPSA) is 76.6 Å². The van der Waals surface area contributed by atoms with Crippen LogP contribution in [0.3, 0.4) is 0 Å². The molecule has 0 aliphatic carbocycles. The van der Waals surface area contributed by atoms with Crippen LogP contribution in [-0.2, 0) is 9.16 Å². The molecule has 0 spiro atoms. The Hall–Kier alpha value is -1.22. The summed E-state index contributed by atoms with van der Waals surface area (Å²) in [5.74, 6) is -0.0274. The molecule has 2 heterocycles. The second-order valence-corrected chi connectivity index (χ2v) is 14.4. The molecule has 29 heavy (non-hydrogen) atoms. The van der Waals surface area contributed by atoms with Crippen LogP contribution in [0.25, 0.3) is 0 Å². The van der Waals surface area contributed by atoms with Crippen LogP contribution >= 0.6 is 11.6 Å². The Bertz CT molecular complexity index is 724. The summed E-state index contributed by atoms with van der Waals surface area (Å²) in [7, 11) is -0.376. The minimum Gasteiger partial charge on any atom is -0.465 e. The maximum Gasteiger partial charge on any atom is 0.342 e. The van der Waals surface area contributed by atoms with Gasteiger partial charge in [-0.15, -0.1) is 10.2 Å². The lowest BCUT2D eigenvalue weighted by atomic mass is 10.0. The predicted molar refractivity (Wildman–Crippen MR) is 119 cm³/mol. The largest absolute Gasteiger partial charge is 0.465 e. The average molecular weight is 443 g/mol. The molecular formula is C20H35ClN4O3Si. The Balaban J connectivity index is 1.99. The molecule has 1 aliphatic heterocycles. The van der Waals surface area contributed by atoms with Gasteiger partial charge in [-0.3, -0.25) is 4.90 Å². The number of methoxy groups -OCH3 is 1. The number of likely N-dealkylation sites (tertiary alicyclic amines) is 1. The third kappa shape index (κ3) is 6.13. The molecule has 7 nitrogen and oxygen atoms in total. The Morgan fingerprint density at radius 1 is 1.34 bits per heavy atom. The van der Waals surface area contributed by atoms with Crippen LogP contribution in [0, 0.1) is 6.92 Å². The average Bonchev–Trinajstić information content (AvgIpc) is 2.64. The highest BCUT2D eigenvalue weighted by Crippen LogP contribution is 2.36. The highest BCUT2D eigenvalue weighted by atomic mass is 35.5. The Labute approximate surface area is 180 Å². The van der Waals surface area contributed by atoms with Gasteiger partial charge in [-0.05, 0) is 44.4 Å². The van der Waals surface area contributed by atoms with Crippen LogP contribution in [0.2, 0.25) is 23.3 Å². The molecule has 1 atom stereocenters. The smallest absolute Gasteiger partial charge is 0.342 e. The zero-order chi connectivity index (χ0) is 21.8. The molecule has 0 aromatic carbocycles. The molecule has 164 valence electrons. The van der Waals surface area contributed by atoms with Crippen molar-refractivity contribution in [1.29, 1.82) is 0 Å². The summed E-state index contributed by atoms with van der Waals surface area (Å²) in [5.41, 5.74) is 0.928. The maximum atomic E-state index is 12.2. The molecule has 0 saturated carbocycles. The number of hydrogen-bond donors (Lipinski definition) is 1. The van der Waals surface area contributed by atoms with E-state index in [0.29, 0.717) is 16.9 Å². The fourth-order valence-electron chi connectivity index (χ4n) is 3.17. The van der Waals surface area contributed by atoms with Crippen molar-refractivity contribution in [2.75, 3.05) is 38.7 Å². The number of piperidine rings is 1. The van der Waals surface area contributed by atoms with Gasteiger partial charge in [-0.1, -0.05) is 32.4 Å². The first kappa shape index (κ1) is 24.1. The van der Waals surface area contributed by atoms with E-state index in [-0.39, 0.29) is 16.2 Å². The molecule has 1 aliphatic rings. The summed E-state index contributed by atoms with van der Waals surface area (Å²) in [6.45, 7) is 16.7. The van der Waals surface area contributed by atoms with Gasteiger partial charge >= 0.3 is 5.97 Å². The summed E-state index contributed by atoms with van der Waals surface area (Å²) in [6, 6.07) is 0.176. The normalized spacial score (nSPS) is 18.6. The number of nitrogens with zero attached hydrogens (tertiary/aromatic N) is 3. The van der Waals surface area contributed by atoms with Gasteiger partial charge in [0.25, 0.3) is 0 Å². The van der Waals surface area contributed by atoms with E-state index in [4.69, 9.17) is 20.8 Å². The van der Waals surface area contributed by atoms with Crippen LogP contribution in [0.4, 0.5) is 5.82 Å². The highest BCUT2D eigenvalue weighted by Gasteiger charge is 2.37. The zero-order valence-corrected chi connectivity index (χ0v) is 20.5. The van der Waals surface area contributed by atoms with Crippen molar-refractivity contribution in [1.82, 2.24) is 15.1 Å². The third-order valence-electron chi connectivity index (χ3n) is 6.07. The molecule has 0 unspecified atom stereocenters. The Morgan fingerprint density at radius 3 is 2.66 bits per heavy atom. The van der Waals surface area contributed by atoms with Gasteiger partial charge in [0, 0.05) is 31.3 Å². The third-order valence-corrected chi connectivity index (χ3v) is 11.0. The summed E-state index contributed by atoms with van der Waals surface area (Å²) in [5, 5.41) is 11.9. The monoisotopic (exact) mass is 442 g/mol. The van der Waals surface area contributed by atoms with Crippen LogP contribution in [-0.4, -0.2) is 68.8 Å². The quantitative estimate of drug-likeness (QED) is 0.502. The van der Waals surface area contributed by atoms with E-state index in [1.165, 1.54) is 7.11 Å². The summed E-state index contributed by atoms with van der Waals surface area (Å²) >= 11 is 6.05. The maximum absolute atomic E-state index is 12.2. The van der Waals surface area contributed by atoms with Gasteiger partial charge in [0.15, 0.2) is 19.3 Å². The summed E-state index contributed by atoms with van der Waals surface area (Å²) in [4.78, 5) is 14.6. The fourth-order valence-corrected chi connectivity index (χ4v) is 4.34. The number of carbonyl (C=O) groups excluding carboxylic acids is 1. The van der Waals surface area contributed by atoms with Gasteiger partial charge in [-0.2, -0.15) is 0 Å². The Kier molecular flexibility index (Phi) is 8.06. The number of anilines is 1. The molecule has 0 radical (unpaired) electrons. The number of carbonyl (C=O) groups is 1. The second kappa shape index (κ2) is 9.72. The van der Waals surface area contributed by atoms with E-state index < -0.39 is 14.3 Å². The predicted octanol–water partition coefficient (Wildman–Crippen LogP) is 4.12.